The number of hydrogen-bond donors (Lipinski definition) is 3. The molecule has 1 aromatic rings. The molecule has 4 aliphatic rings. The molecule has 3 aliphatic carbocycles. The van der Waals surface area contributed by atoms with Gasteiger partial charge in [-0.2, -0.15) is 0 Å². The number of hydrogen-bond acceptors (Lipinski definition) is 7. The number of nitrogens with zero attached hydrogens (tertiary/aromatic N) is 2. The molecule has 8 nitrogen and oxygen atoms in total. The van der Waals surface area contributed by atoms with Gasteiger partial charge < -0.3 is 20.5 Å². The molecule has 1 aromatic heterocycles. The van der Waals surface area contributed by atoms with Crippen LogP contribution < -0.4 is 10.6 Å². The zero-order valence-corrected chi connectivity index (χ0v) is 22.0. The van der Waals surface area contributed by atoms with Crippen LogP contribution in [0.2, 0.25) is 0 Å². The molecule has 1 aliphatic heterocycles. The maximum Gasteiger partial charge on any atom is 0.229 e. The monoisotopic (exact) mass is 504 g/mol. The third-order valence-corrected chi connectivity index (χ3v) is 9.97. The molecule has 3 N–H and O–H groups in total. The standard InChI is InChI=1S/C26H40N4O4S/c1-15(23(32)27-8-9-30-10-12-34-13-11-30)18-6-7-26(3)14-19-21(16(2)20(26)22(18)31)28-25(35-19)29-24(33)17-4-5-17/h15-18,20,22,31H,4-14H2,1-3H3,(H,27,32)(H,28,29,33)/t15-,16-,18?,20+,22-,26-/m0/s1. The summed E-state index contributed by atoms with van der Waals surface area (Å²) in [7, 11) is 0. The Bertz CT molecular complexity index is 944. The molecule has 6 atom stereocenters. The summed E-state index contributed by atoms with van der Waals surface area (Å²) in [5.41, 5.74) is 0.991. The van der Waals surface area contributed by atoms with Crippen LogP contribution >= 0.6 is 11.3 Å². The second kappa shape index (κ2) is 10.1. The molecular formula is C26H40N4O4S. The molecule has 3 fully saturated rings. The SMILES string of the molecule is C[C@H](C(=O)NCCN1CCOCC1)C1CC[C@@]2(C)Cc3sc(NC(=O)C4CC4)nc3[C@@H](C)[C@@H]2[C@H]1O. The van der Waals surface area contributed by atoms with E-state index in [1.165, 1.54) is 4.88 Å². The summed E-state index contributed by atoms with van der Waals surface area (Å²) in [6.45, 7) is 11.2. The van der Waals surface area contributed by atoms with Gasteiger partial charge in [0.2, 0.25) is 11.8 Å². The Balaban J connectivity index is 1.22. The Morgan fingerprint density at radius 1 is 1.29 bits per heavy atom. The second-order valence-electron chi connectivity index (χ2n) is 11.5. The molecule has 1 unspecified atom stereocenters. The molecule has 0 bridgehead atoms. The van der Waals surface area contributed by atoms with Gasteiger partial charge in [-0.1, -0.05) is 20.8 Å². The lowest BCUT2D eigenvalue weighted by Crippen LogP contribution is -2.53. The highest BCUT2D eigenvalue weighted by Gasteiger charge is 2.54. The number of nitrogens with one attached hydrogen (secondary N) is 2. The van der Waals surface area contributed by atoms with Crippen LogP contribution in [-0.2, 0) is 20.7 Å². The van der Waals surface area contributed by atoms with Crippen molar-refractivity contribution < 1.29 is 19.4 Å². The van der Waals surface area contributed by atoms with Gasteiger partial charge in [-0.3, -0.25) is 14.5 Å². The van der Waals surface area contributed by atoms with E-state index in [-0.39, 0.29) is 46.8 Å². The Hall–Kier alpha value is -1.55. The maximum absolute atomic E-state index is 13.0. The predicted octanol–water partition coefficient (Wildman–Crippen LogP) is 2.63. The number of fused-ring (bicyclic) bond motifs is 2. The number of aliphatic hydroxyl groups excluding tert-OH is 1. The molecule has 9 heteroatoms. The average Bonchev–Trinajstić information content (AvgIpc) is 3.61. The van der Waals surface area contributed by atoms with Crippen molar-refractivity contribution >= 4 is 28.3 Å². The minimum Gasteiger partial charge on any atom is -0.392 e. The van der Waals surface area contributed by atoms with Gasteiger partial charge in [-0.25, -0.2) is 4.98 Å². The number of thiazole rings is 1. The molecule has 2 saturated carbocycles. The predicted molar refractivity (Wildman–Crippen MR) is 135 cm³/mol. The van der Waals surface area contributed by atoms with Crippen molar-refractivity contribution in [3.8, 4) is 0 Å². The molecule has 2 heterocycles. The largest absolute Gasteiger partial charge is 0.392 e. The summed E-state index contributed by atoms with van der Waals surface area (Å²) in [5.74, 6) is 0.101. The van der Waals surface area contributed by atoms with E-state index in [0.717, 1.165) is 70.6 Å². The zero-order valence-electron chi connectivity index (χ0n) is 21.2. The molecule has 0 spiro atoms. The van der Waals surface area contributed by atoms with Crippen LogP contribution in [0.3, 0.4) is 0 Å². The minimum atomic E-state index is -0.553. The number of anilines is 1. The third-order valence-electron chi connectivity index (χ3n) is 8.99. The van der Waals surface area contributed by atoms with Gasteiger partial charge in [-0.05, 0) is 49.4 Å². The summed E-state index contributed by atoms with van der Waals surface area (Å²) in [6, 6.07) is 0. The van der Waals surface area contributed by atoms with E-state index in [9.17, 15) is 14.7 Å². The second-order valence-corrected chi connectivity index (χ2v) is 12.5. The van der Waals surface area contributed by atoms with Crippen LogP contribution in [0.15, 0.2) is 0 Å². The first kappa shape index (κ1) is 25.1. The van der Waals surface area contributed by atoms with Crippen LogP contribution in [0.25, 0.3) is 0 Å². The highest BCUT2D eigenvalue weighted by atomic mass is 32.1. The Labute approximate surface area is 212 Å². The van der Waals surface area contributed by atoms with E-state index in [0.29, 0.717) is 11.7 Å². The highest BCUT2D eigenvalue weighted by Crippen LogP contribution is 2.57. The topological polar surface area (TPSA) is 104 Å². The summed E-state index contributed by atoms with van der Waals surface area (Å²) >= 11 is 1.60. The first-order chi connectivity index (χ1) is 16.8. The van der Waals surface area contributed by atoms with E-state index < -0.39 is 6.10 Å². The Morgan fingerprint density at radius 2 is 2.03 bits per heavy atom. The molecule has 0 aromatic carbocycles. The lowest BCUT2D eigenvalue weighted by molar-refractivity contribution is -0.134. The van der Waals surface area contributed by atoms with Crippen molar-refractivity contribution in [3.63, 3.8) is 0 Å². The molecule has 1 saturated heterocycles. The van der Waals surface area contributed by atoms with Crippen LogP contribution in [0.5, 0.6) is 0 Å². The van der Waals surface area contributed by atoms with Crippen LogP contribution in [-0.4, -0.2) is 72.3 Å². The summed E-state index contributed by atoms with van der Waals surface area (Å²) in [5, 5.41) is 18.4. The van der Waals surface area contributed by atoms with Crippen molar-refractivity contribution in [2.24, 2.45) is 29.1 Å². The fourth-order valence-electron chi connectivity index (χ4n) is 6.67. The number of rotatable bonds is 7. The summed E-state index contributed by atoms with van der Waals surface area (Å²) < 4.78 is 5.39. The number of morpholine rings is 1. The van der Waals surface area contributed by atoms with E-state index in [1.807, 2.05) is 6.92 Å². The smallest absolute Gasteiger partial charge is 0.229 e. The van der Waals surface area contributed by atoms with Crippen molar-refractivity contribution in [2.45, 2.75) is 64.9 Å². The molecule has 0 radical (unpaired) electrons. The summed E-state index contributed by atoms with van der Waals surface area (Å²) in [6.07, 6.45) is 4.09. The van der Waals surface area contributed by atoms with E-state index >= 15 is 0 Å². The van der Waals surface area contributed by atoms with Crippen molar-refractivity contribution in [1.29, 1.82) is 0 Å². The van der Waals surface area contributed by atoms with Crippen molar-refractivity contribution in [1.82, 2.24) is 15.2 Å². The number of aromatic nitrogens is 1. The van der Waals surface area contributed by atoms with E-state index in [2.05, 4.69) is 29.4 Å². The number of aliphatic hydroxyl groups is 1. The van der Waals surface area contributed by atoms with Gasteiger partial charge in [0.15, 0.2) is 5.13 Å². The number of carbonyl (C=O) groups is 2. The lowest BCUT2D eigenvalue weighted by atomic mass is 9.53. The quantitative estimate of drug-likeness (QED) is 0.528. The van der Waals surface area contributed by atoms with Gasteiger partial charge >= 0.3 is 0 Å². The van der Waals surface area contributed by atoms with Crippen LogP contribution in [0.1, 0.15) is 62.9 Å². The molecular weight excluding hydrogens is 464 g/mol. The first-order valence-electron chi connectivity index (χ1n) is 13.3. The van der Waals surface area contributed by atoms with Crippen molar-refractivity contribution in [3.05, 3.63) is 10.6 Å². The van der Waals surface area contributed by atoms with Gasteiger partial charge in [-0.15, -0.1) is 11.3 Å². The molecule has 35 heavy (non-hydrogen) atoms. The van der Waals surface area contributed by atoms with E-state index in [1.54, 1.807) is 11.3 Å². The average molecular weight is 505 g/mol. The Morgan fingerprint density at radius 3 is 2.74 bits per heavy atom. The first-order valence-corrected chi connectivity index (χ1v) is 14.1. The summed E-state index contributed by atoms with van der Waals surface area (Å²) in [4.78, 5) is 33.6. The molecule has 194 valence electrons. The molecule has 5 rings (SSSR count). The van der Waals surface area contributed by atoms with Crippen LogP contribution in [0, 0.1) is 29.1 Å². The number of amides is 2. The molecule has 2 amide bonds. The van der Waals surface area contributed by atoms with Crippen LogP contribution in [0.4, 0.5) is 5.13 Å². The number of carbonyl (C=O) groups excluding carboxylic acids is 2. The fraction of sp³-hybridized carbons (Fsp3) is 0.808. The van der Waals surface area contributed by atoms with Gasteiger partial charge in [0.1, 0.15) is 0 Å². The third kappa shape index (κ3) is 5.15. The van der Waals surface area contributed by atoms with E-state index in [4.69, 9.17) is 9.72 Å². The number of ether oxygens (including phenoxy) is 1. The lowest BCUT2D eigenvalue weighted by Gasteiger charge is -2.53. The zero-order chi connectivity index (χ0) is 24.7. The van der Waals surface area contributed by atoms with Crippen molar-refractivity contribution in [2.75, 3.05) is 44.7 Å². The fourth-order valence-corrected chi connectivity index (χ4v) is 7.94. The highest BCUT2D eigenvalue weighted by molar-refractivity contribution is 7.15. The van der Waals surface area contributed by atoms with Gasteiger partial charge in [0.25, 0.3) is 0 Å². The Kier molecular flexibility index (Phi) is 7.23. The van der Waals surface area contributed by atoms with Gasteiger partial charge in [0.05, 0.1) is 25.0 Å². The van der Waals surface area contributed by atoms with Gasteiger partial charge in [0, 0.05) is 48.8 Å². The maximum atomic E-state index is 13.0. The normalized spacial score (nSPS) is 33.9. The minimum absolute atomic E-state index is 0.0286.